The number of H-pyrrole nitrogens is 1. The molecule has 3 aromatic rings. The van der Waals surface area contributed by atoms with E-state index in [0.29, 0.717) is 27.8 Å². The molecule has 0 radical (unpaired) electrons. The van der Waals surface area contributed by atoms with Gasteiger partial charge in [-0.25, -0.2) is 0 Å². The molecule has 0 unspecified atom stereocenters. The minimum Gasteiger partial charge on any atom is -0.396 e. The highest BCUT2D eigenvalue weighted by Gasteiger charge is 2.09. The lowest BCUT2D eigenvalue weighted by Crippen LogP contribution is -2.11. The Morgan fingerprint density at radius 1 is 1.17 bits per heavy atom. The zero-order valence-corrected chi connectivity index (χ0v) is 14.4. The number of hydrogen-bond donors (Lipinski definition) is 3. The molecule has 124 valence electrons. The highest BCUT2D eigenvalue weighted by Crippen LogP contribution is 2.31. The molecular formula is C18H17Cl2N3O. The van der Waals surface area contributed by atoms with Gasteiger partial charge in [-0.3, -0.25) is 4.79 Å². The maximum atomic E-state index is 12.1. The van der Waals surface area contributed by atoms with Crippen LogP contribution in [0.5, 0.6) is 0 Å². The van der Waals surface area contributed by atoms with Crippen LogP contribution in [0.4, 0.5) is 11.4 Å². The van der Waals surface area contributed by atoms with Crippen LogP contribution < -0.4 is 11.1 Å². The van der Waals surface area contributed by atoms with Crippen molar-refractivity contribution < 1.29 is 4.79 Å². The van der Waals surface area contributed by atoms with E-state index in [2.05, 4.69) is 16.4 Å². The second kappa shape index (κ2) is 7.16. The second-order valence-corrected chi connectivity index (χ2v) is 6.43. The summed E-state index contributed by atoms with van der Waals surface area (Å²) in [5.41, 5.74) is 8.88. The Hall–Kier alpha value is -2.17. The summed E-state index contributed by atoms with van der Waals surface area (Å²) < 4.78 is 0. The molecule has 24 heavy (non-hydrogen) atoms. The Bertz CT molecular complexity index is 866. The van der Waals surface area contributed by atoms with E-state index in [1.54, 1.807) is 12.1 Å². The van der Waals surface area contributed by atoms with Gasteiger partial charge in [0.25, 0.3) is 0 Å². The number of halogens is 2. The molecule has 4 nitrogen and oxygen atoms in total. The average molecular weight is 362 g/mol. The summed E-state index contributed by atoms with van der Waals surface area (Å²) in [7, 11) is 0. The summed E-state index contributed by atoms with van der Waals surface area (Å²) >= 11 is 11.9. The van der Waals surface area contributed by atoms with Crippen LogP contribution in [-0.2, 0) is 11.2 Å². The molecule has 4 N–H and O–H groups in total. The number of anilines is 2. The zero-order valence-electron chi connectivity index (χ0n) is 12.9. The van der Waals surface area contributed by atoms with Gasteiger partial charge in [0.15, 0.2) is 0 Å². The van der Waals surface area contributed by atoms with Crippen LogP contribution >= 0.6 is 23.2 Å². The molecular weight excluding hydrogens is 345 g/mol. The molecule has 1 amide bonds. The molecule has 1 heterocycles. The van der Waals surface area contributed by atoms with Crippen molar-refractivity contribution in [1.82, 2.24) is 4.98 Å². The first-order valence-corrected chi connectivity index (χ1v) is 8.39. The quantitative estimate of drug-likeness (QED) is 0.558. The van der Waals surface area contributed by atoms with Crippen molar-refractivity contribution in [3.8, 4) is 0 Å². The third kappa shape index (κ3) is 3.66. The number of carbonyl (C=O) groups is 1. The lowest BCUT2D eigenvalue weighted by atomic mass is 10.1. The lowest BCUT2D eigenvalue weighted by molar-refractivity contribution is -0.116. The van der Waals surface area contributed by atoms with E-state index in [1.807, 2.05) is 24.4 Å². The van der Waals surface area contributed by atoms with Crippen molar-refractivity contribution >= 4 is 51.4 Å². The monoisotopic (exact) mass is 361 g/mol. The summed E-state index contributed by atoms with van der Waals surface area (Å²) in [5, 5.41) is 4.66. The highest BCUT2D eigenvalue weighted by atomic mass is 35.5. The number of carbonyl (C=O) groups excluding carboxylic acids is 1. The average Bonchev–Trinajstić information content (AvgIpc) is 2.96. The van der Waals surface area contributed by atoms with Gasteiger partial charge in [0.1, 0.15) is 0 Å². The van der Waals surface area contributed by atoms with Crippen molar-refractivity contribution in [2.75, 3.05) is 11.1 Å². The van der Waals surface area contributed by atoms with E-state index in [9.17, 15) is 4.79 Å². The summed E-state index contributed by atoms with van der Waals surface area (Å²) in [6.45, 7) is 0. The molecule has 0 aliphatic carbocycles. The van der Waals surface area contributed by atoms with Gasteiger partial charge in [-0.1, -0.05) is 41.4 Å². The zero-order chi connectivity index (χ0) is 17.1. The molecule has 0 saturated heterocycles. The molecule has 0 aliphatic rings. The summed E-state index contributed by atoms with van der Waals surface area (Å²) in [4.78, 5) is 15.3. The number of rotatable bonds is 5. The summed E-state index contributed by atoms with van der Waals surface area (Å²) in [5.74, 6) is -0.0771. The molecule has 0 spiro atoms. The van der Waals surface area contributed by atoms with Crippen molar-refractivity contribution in [2.45, 2.75) is 19.3 Å². The standard InChI is InChI=1S/C18H17Cl2N3O/c19-14-8-12(9-15(20)18(14)21)23-17(24)7-3-4-11-10-22-16-6-2-1-5-13(11)16/h1-2,5-6,8-10,22H,3-4,7,21H2,(H,23,24). The smallest absolute Gasteiger partial charge is 0.224 e. The third-order valence-electron chi connectivity index (χ3n) is 3.89. The van der Waals surface area contributed by atoms with Crippen molar-refractivity contribution in [1.29, 1.82) is 0 Å². The lowest BCUT2D eigenvalue weighted by Gasteiger charge is -2.08. The Morgan fingerprint density at radius 3 is 2.62 bits per heavy atom. The SMILES string of the molecule is Nc1c(Cl)cc(NC(=O)CCCc2c[nH]c3ccccc23)cc1Cl. The van der Waals surface area contributed by atoms with Crippen LogP contribution in [0, 0.1) is 0 Å². The van der Waals surface area contributed by atoms with Crippen LogP contribution in [0.1, 0.15) is 18.4 Å². The minimum absolute atomic E-state index is 0.0771. The number of amides is 1. The van der Waals surface area contributed by atoms with Crippen LogP contribution in [0.3, 0.4) is 0 Å². The Kier molecular flexibility index (Phi) is 4.97. The molecule has 0 fully saturated rings. The van der Waals surface area contributed by atoms with Crippen molar-refractivity contribution in [3.63, 3.8) is 0 Å². The molecule has 0 bridgehead atoms. The normalized spacial score (nSPS) is 10.9. The van der Waals surface area contributed by atoms with Crippen LogP contribution in [0.2, 0.25) is 10.0 Å². The number of nitrogens with one attached hydrogen (secondary N) is 2. The molecule has 0 saturated carbocycles. The van der Waals surface area contributed by atoms with Crippen molar-refractivity contribution in [2.24, 2.45) is 0 Å². The van der Waals surface area contributed by atoms with Gasteiger partial charge >= 0.3 is 0 Å². The van der Waals surface area contributed by atoms with Gasteiger partial charge in [-0.05, 0) is 36.6 Å². The minimum atomic E-state index is -0.0771. The van der Waals surface area contributed by atoms with Gasteiger partial charge in [0, 0.05) is 29.2 Å². The number of benzene rings is 2. The van der Waals surface area contributed by atoms with Gasteiger partial charge in [0.2, 0.25) is 5.91 Å². The fourth-order valence-corrected chi connectivity index (χ4v) is 3.14. The number of aromatic nitrogens is 1. The predicted molar refractivity (Wildman–Crippen MR) is 101 cm³/mol. The number of hydrogen-bond acceptors (Lipinski definition) is 2. The molecule has 6 heteroatoms. The maximum absolute atomic E-state index is 12.1. The van der Waals surface area contributed by atoms with E-state index in [1.165, 1.54) is 10.9 Å². The number of nitrogens with two attached hydrogens (primary N) is 1. The van der Waals surface area contributed by atoms with E-state index in [0.717, 1.165) is 18.4 Å². The van der Waals surface area contributed by atoms with Gasteiger partial charge in [0.05, 0.1) is 15.7 Å². The van der Waals surface area contributed by atoms with Crippen molar-refractivity contribution in [3.05, 3.63) is 58.2 Å². The van der Waals surface area contributed by atoms with Gasteiger partial charge in [-0.15, -0.1) is 0 Å². The van der Waals surface area contributed by atoms with Crippen LogP contribution in [-0.4, -0.2) is 10.9 Å². The largest absolute Gasteiger partial charge is 0.396 e. The number of nitrogen functional groups attached to an aromatic ring is 1. The summed E-state index contributed by atoms with van der Waals surface area (Å²) in [6, 6.07) is 11.3. The fraction of sp³-hybridized carbons (Fsp3) is 0.167. The Balaban J connectivity index is 1.56. The number of aromatic amines is 1. The van der Waals surface area contributed by atoms with Gasteiger partial charge in [-0.2, -0.15) is 0 Å². The second-order valence-electron chi connectivity index (χ2n) is 5.61. The maximum Gasteiger partial charge on any atom is 0.224 e. The number of para-hydroxylation sites is 1. The van der Waals surface area contributed by atoms with E-state index in [4.69, 9.17) is 28.9 Å². The first-order chi connectivity index (χ1) is 11.5. The predicted octanol–water partition coefficient (Wildman–Crippen LogP) is 5.02. The third-order valence-corrected chi connectivity index (χ3v) is 4.51. The Labute approximate surface area is 149 Å². The van der Waals surface area contributed by atoms with E-state index >= 15 is 0 Å². The summed E-state index contributed by atoms with van der Waals surface area (Å²) in [6.07, 6.45) is 4.01. The van der Waals surface area contributed by atoms with E-state index in [-0.39, 0.29) is 5.91 Å². The highest BCUT2D eigenvalue weighted by molar-refractivity contribution is 6.39. The Morgan fingerprint density at radius 2 is 1.88 bits per heavy atom. The number of fused-ring (bicyclic) bond motifs is 1. The molecule has 3 rings (SSSR count). The topological polar surface area (TPSA) is 70.9 Å². The molecule has 2 aromatic carbocycles. The first-order valence-electron chi connectivity index (χ1n) is 7.64. The number of aryl methyl sites for hydroxylation is 1. The van der Waals surface area contributed by atoms with Gasteiger partial charge < -0.3 is 16.0 Å². The van der Waals surface area contributed by atoms with Crippen LogP contribution in [0.15, 0.2) is 42.6 Å². The molecule has 0 aliphatic heterocycles. The molecule has 0 atom stereocenters. The fourth-order valence-electron chi connectivity index (χ4n) is 2.66. The van der Waals surface area contributed by atoms with E-state index < -0.39 is 0 Å². The first kappa shape index (κ1) is 16.7. The molecule has 1 aromatic heterocycles. The van der Waals surface area contributed by atoms with Crippen LogP contribution in [0.25, 0.3) is 10.9 Å².